The van der Waals surface area contributed by atoms with Gasteiger partial charge in [-0.15, -0.1) is 11.3 Å². The van der Waals surface area contributed by atoms with E-state index in [-0.39, 0.29) is 5.91 Å². The number of hydrogen-bond acceptors (Lipinski definition) is 4. The van der Waals surface area contributed by atoms with Gasteiger partial charge in [-0.2, -0.15) is 0 Å². The highest BCUT2D eigenvalue weighted by molar-refractivity contribution is 7.18. The van der Waals surface area contributed by atoms with Crippen LogP contribution in [0.4, 0.5) is 0 Å². The van der Waals surface area contributed by atoms with Gasteiger partial charge in [-0.1, -0.05) is 12.1 Å². The van der Waals surface area contributed by atoms with Crippen LogP contribution in [0.5, 0.6) is 0 Å². The Bertz CT molecular complexity index is 671. The Balaban J connectivity index is 1.52. The van der Waals surface area contributed by atoms with Gasteiger partial charge in [-0.25, -0.2) is 4.98 Å². The number of nitrogens with zero attached hydrogens (tertiary/aromatic N) is 1. The maximum absolute atomic E-state index is 11.8. The van der Waals surface area contributed by atoms with Crippen molar-refractivity contribution in [2.75, 3.05) is 0 Å². The first-order valence-corrected chi connectivity index (χ1v) is 7.26. The van der Waals surface area contributed by atoms with Crippen LogP contribution in [0.2, 0.25) is 0 Å². The predicted octanol–water partition coefficient (Wildman–Crippen LogP) is 3.14. The number of nitrogens with one attached hydrogen (secondary N) is 1. The van der Waals surface area contributed by atoms with Crippen molar-refractivity contribution in [3.63, 3.8) is 0 Å². The van der Waals surface area contributed by atoms with Crippen LogP contribution in [0, 0.1) is 0 Å². The third-order valence-electron chi connectivity index (χ3n) is 2.94. The molecule has 0 aliphatic rings. The highest BCUT2D eigenvalue weighted by atomic mass is 32.1. The van der Waals surface area contributed by atoms with E-state index in [1.807, 2.05) is 36.4 Å². The van der Waals surface area contributed by atoms with Crippen molar-refractivity contribution < 1.29 is 9.21 Å². The van der Waals surface area contributed by atoms with E-state index in [2.05, 4.69) is 10.3 Å². The van der Waals surface area contributed by atoms with Gasteiger partial charge in [0.25, 0.3) is 0 Å². The van der Waals surface area contributed by atoms with Crippen LogP contribution < -0.4 is 5.32 Å². The summed E-state index contributed by atoms with van der Waals surface area (Å²) in [5.74, 6) is 0.777. The van der Waals surface area contributed by atoms with Crippen LogP contribution in [0.3, 0.4) is 0 Å². The van der Waals surface area contributed by atoms with Gasteiger partial charge in [-0.3, -0.25) is 4.79 Å². The molecule has 0 unspecified atom stereocenters. The van der Waals surface area contributed by atoms with E-state index in [0.29, 0.717) is 19.4 Å². The first-order chi connectivity index (χ1) is 9.81. The predicted molar refractivity (Wildman–Crippen MR) is 78.5 cm³/mol. The molecule has 0 aliphatic carbocycles. The lowest BCUT2D eigenvalue weighted by molar-refractivity contribution is -0.121. The van der Waals surface area contributed by atoms with Gasteiger partial charge in [0.05, 0.1) is 28.0 Å². The molecule has 4 nitrogen and oxygen atoms in total. The second-order valence-electron chi connectivity index (χ2n) is 4.43. The quantitative estimate of drug-likeness (QED) is 0.784. The molecule has 3 rings (SSSR count). The fourth-order valence-electron chi connectivity index (χ4n) is 1.93. The summed E-state index contributed by atoms with van der Waals surface area (Å²) in [6.07, 6.45) is 2.71. The van der Waals surface area contributed by atoms with Gasteiger partial charge >= 0.3 is 0 Å². The summed E-state index contributed by atoms with van der Waals surface area (Å²) < 4.78 is 6.33. The summed E-state index contributed by atoms with van der Waals surface area (Å²) >= 11 is 1.65. The third kappa shape index (κ3) is 3.05. The highest BCUT2D eigenvalue weighted by Gasteiger charge is 2.07. The minimum atomic E-state index is 0.0145. The van der Waals surface area contributed by atoms with Crippen molar-refractivity contribution in [2.45, 2.75) is 19.4 Å². The standard InChI is InChI=1S/C15H14N2O2S/c18-14(16-10-11-4-3-9-19-11)7-8-15-17-12-5-1-2-6-13(12)20-15/h1-6,9H,7-8,10H2,(H,16,18). The molecule has 0 spiro atoms. The molecule has 1 N–H and O–H groups in total. The molecule has 2 heterocycles. The summed E-state index contributed by atoms with van der Waals surface area (Å²) in [5.41, 5.74) is 1.00. The number of rotatable bonds is 5. The van der Waals surface area contributed by atoms with E-state index in [4.69, 9.17) is 4.42 Å². The fourth-order valence-corrected chi connectivity index (χ4v) is 2.90. The number of fused-ring (bicyclic) bond motifs is 1. The maximum Gasteiger partial charge on any atom is 0.220 e. The van der Waals surface area contributed by atoms with E-state index < -0.39 is 0 Å². The minimum Gasteiger partial charge on any atom is -0.467 e. The van der Waals surface area contributed by atoms with Crippen LogP contribution >= 0.6 is 11.3 Å². The number of thiazole rings is 1. The Morgan fingerprint density at radius 3 is 2.95 bits per heavy atom. The van der Waals surface area contributed by atoms with Crippen molar-refractivity contribution in [1.29, 1.82) is 0 Å². The van der Waals surface area contributed by atoms with Gasteiger partial charge in [0.1, 0.15) is 5.76 Å². The SMILES string of the molecule is O=C(CCc1nc2ccccc2s1)NCc1ccco1. The van der Waals surface area contributed by atoms with E-state index in [1.54, 1.807) is 17.6 Å². The van der Waals surface area contributed by atoms with Gasteiger partial charge < -0.3 is 9.73 Å². The summed E-state index contributed by atoms with van der Waals surface area (Å²) in [6.45, 7) is 0.436. The molecular weight excluding hydrogens is 272 g/mol. The summed E-state index contributed by atoms with van der Waals surface area (Å²) in [6, 6.07) is 11.7. The van der Waals surface area contributed by atoms with E-state index in [1.165, 1.54) is 4.70 Å². The lowest BCUT2D eigenvalue weighted by Gasteiger charge is -2.01. The smallest absolute Gasteiger partial charge is 0.220 e. The average Bonchev–Trinajstić information content (AvgIpc) is 3.11. The zero-order valence-electron chi connectivity index (χ0n) is 10.8. The van der Waals surface area contributed by atoms with Crippen LogP contribution in [-0.4, -0.2) is 10.9 Å². The molecule has 0 radical (unpaired) electrons. The lowest BCUT2D eigenvalue weighted by Crippen LogP contribution is -2.22. The van der Waals surface area contributed by atoms with Crippen molar-refractivity contribution in [1.82, 2.24) is 10.3 Å². The number of carbonyl (C=O) groups is 1. The number of amides is 1. The molecule has 102 valence electrons. The number of para-hydroxylation sites is 1. The zero-order chi connectivity index (χ0) is 13.8. The van der Waals surface area contributed by atoms with Crippen molar-refractivity contribution in [3.05, 3.63) is 53.4 Å². The number of benzene rings is 1. The molecule has 1 aromatic carbocycles. The molecule has 0 saturated carbocycles. The molecule has 2 aromatic heterocycles. The van der Waals surface area contributed by atoms with E-state index in [9.17, 15) is 4.79 Å². The number of aromatic nitrogens is 1. The zero-order valence-corrected chi connectivity index (χ0v) is 11.7. The lowest BCUT2D eigenvalue weighted by atomic mass is 10.3. The van der Waals surface area contributed by atoms with Gasteiger partial charge in [0.15, 0.2) is 0 Å². The fraction of sp³-hybridized carbons (Fsp3) is 0.200. The number of furan rings is 1. The van der Waals surface area contributed by atoms with Gasteiger partial charge in [-0.05, 0) is 24.3 Å². The Morgan fingerprint density at radius 2 is 2.15 bits per heavy atom. The second kappa shape index (κ2) is 5.88. The molecule has 5 heteroatoms. The van der Waals surface area contributed by atoms with Crippen LogP contribution in [0.15, 0.2) is 47.1 Å². The molecule has 0 saturated heterocycles. The molecule has 0 atom stereocenters. The molecule has 3 aromatic rings. The third-order valence-corrected chi connectivity index (χ3v) is 4.04. The minimum absolute atomic E-state index is 0.0145. The van der Waals surface area contributed by atoms with Gasteiger partial charge in [0, 0.05) is 12.8 Å². The largest absolute Gasteiger partial charge is 0.467 e. The topological polar surface area (TPSA) is 55.1 Å². The summed E-state index contributed by atoms with van der Waals surface area (Å²) in [5, 5.41) is 3.83. The molecule has 0 bridgehead atoms. The Morgan fingerprint density at radius 1 is 1.25 bits per heavy atom. The number of aryl methyl sites for hydroxylation is 1. The summed E-state index contributed by atoms with van der Waals surface area (Å²) in [4.78, 5) is 16.3. The van der Waals surface area contributed by atoms with Crippen LogP contribution in [0.1, 0.15) is 17.2 Å². The number of hydrogen-bond donors (Lipinski definition) is 1. The molecule has 1 amide bonds. The first kappa shape index (κ1) is 12.9. The van der Waals surface area contributed by atoms with Crippen LogP contribution in [0.25, 0.3) is 10.2 Å². The van der Waals surface area contributed by atoms with E-state index >= 15 is 0 Å². The number of carbonyl (C=O) groups excluding carboxylic acids is 1. The average molecular weight is 286 g/mol. The highest BCUT2D eigenvalue weighted by Crippen LogP contribution is 2.22. The Kier molecular flexibility index (Phi) is 3.78. The van der Waals surface area contributed by atoms with Gasteiger partial charge in [0.2, 0.25) is 5.91 Å². The maximum atomic E-state index is 11.8. The Hall–Kier alpha value is -2.14. The molecule has 20 heavy (non-hydrogen) atoms. The normalized spacial score (nSPS) is 10.8. The Labute approximate surface area is 120 Å². The summed E-state index contributed by atoms with van der Waals surface area (Å²) in [7, 11) is 0. The van der Waals surface area contributed by atoms with Crippen molar-refractivity contribution in [3.8, 4) is 0 Å². The molecular formula is C15H14N2O2S. The van der Waals surface area contributed by atoms with Crippen molar-refractivity contribution in [2.24, 2.45) is 0 Å². The monoisotopic (exact) mass is 286 g/mol. The van der Waals surface area contributed by atoms with E-state index in [0.717, 1.165) is 16.3 Å². The van der Waals surface area contributed by atoms with Crippen molar-refractivity contribution >= 4 is 27.5 Å². The van der Waals surface area contributed by atoms with Crippen LogP contribution in [-0.2, 0) is 17.8 Å². The first-order valence-electron chi connectivity index (χ1n) is 6.45. The molecule has 0 aliphatic heterocycles. The second-order valence-corrected chi connectivity index (χ2v) is 5.55. The molecule has 0 fully saturated rings.